The van der Waals surface area contributed by atoms with Crippen LogP contribution >= 0.6 is 0 Å². The first-order chi connectivity index (χ1) is 19.1. The van der Waals surface area contributed by atoms with Gasteiger partial charge in [-0.1, -0.05) is 4.98 Å². The maximum absolute atomic E-state index is 13.3. The number of hydrogen-bond donors (Lipinski definition) is 2. The van der Waals surface area contributed by atoms with Crippen molar-refractivity contribution in [3.05, 3.63) is 22.5 Å². The van der Waals surface area contributed by atoms with Gasteiger partial charge in [-0.15, -0.1) is 0 Å². The Morgan fingerprint density at radius 2 is 1.88 bits per heavy atom. The number of rotatable bonds is 14. The predicted molar refractivity (Wildman–Crippen MR) is 148 cm³/mol. The third-order valence-corrected chi connectivity index (χ3v) is 5.92. The van der Waals surface area contributed by atoms with Gasteiger partial charge in [0.2, 0.25) is 5.91 Å². The Bertz CT molecular complexity index is 1010. The number of nitrogens with zero attached hydrogens (tertiary/aromatic N) is 3. The van der Waals surface area contributed by atoms with Gasteiger partial charge in [-0.05, 0) is 85.0 Å². The number of imidazole rings is 1. The van der Waals surface area contributed by atoms with Gasteiger partial charge in [0.25, 0.3) is 0 Å². The predicted octanol–water partition coefficient (Wildman–Crippen LogP) is 3.47. The maximum atomic E-state index is 13.3. The molecule has 1 saturated heterocycles. The third kappa shape index (κ3) is 13.3. The molecule has 1 aromatic rings. The van der Waals surface area contributed by atoms with Crippen LogP contribution in [0.15, 0.2) is 12.4 Å². The van der Waals surface area contributed by atoms with Crippen LogP contribution in [0.5, 0.6) is 0 Å². The van der Waals surface area contributed by atoms with Gasteiger partial charge >= 0.3 is 18.0 Å². The largest absolute Gasteiger partial charge is 0.458 e. The molecule has 0 saturated carbocycles. The Balaban J connectivity index is 2.11. The minimum absolute atomic E-state index is 0.0505. The molecule has 0 aromatic carbocycles. The molecule has 14 nitrogen and oxygen atoms in total. The molecule has 0 bridgehead atoms. The number of carbonyl (C=O) groups excluding carboxylic acids is 3. The van der Waals surface area contributed by atoms with Crippen LogP contribution in [0.2, 0.25) is 0 Å². The second-order valence-corrected chi connectivity index (χ2v) is 11.9. The van der Waals surface area contributed by atoms with E-state index in [-0.39, 0.29) is 37.7 Å². The highest BCUT2D eigenvalue weighted by Crippen LogP contribution is 2.20. The zero-order valence-corrected chi connectivity index (χ0v) is 25.0. The van der Waals surface area contributed by atoms with Crippen molar-refractivity contribution in [2.45, 2.75) is 110 Å². The molecule has 0 aliphatic carbocycles. The molecule has 2 amide bonds. The van der Waals surface area contributed by atoms with Crippen LogP contribution in [0.25, 0.3) is 0 Å². The van der Waals surface area contributed by atoms with E-state index in [0.29, 0.717) is 26.1 Å². The second-order valence-electron chi connectivity index (χ2n) is 11.9. The maximum Gasteiger partial charge on any atom is 0.434 e. The number of amides is 2. The molecule has 2 heterocycles. The molecule has 1 fully saturated rings. The summed E-state index contributed by atoms with van der Waals surface area (Å²) in [6.07, 6.45) is 5.32. The Kier molecular flexibility index (Phi) is 13.0. The Morgan fingerprint density at radius 1 is 1.17 bits per heavy atom. The molecule has 1 aliphatic rings. The van der Waals surface area contributed by atoms with E-state index in [4.69, 9.17) is 18.9 Å². The molecule has 41 heavy (non-hydrogen) atoms. The molecule has 3 atom stereocenters. The standard InChI is InChI=1S/C27H45N5O9/c1-26(2,3)40-23(34)20(30-25(35)41-27(4,5)6)18-19(10-9-17-39-21-11-7-8-16-38-21)22(33)28-12-14-31-15-13-29-24(31)32(36)37/h13,15,19-21H,7-12,14,16-18H2,1-6H3,(H,28,33)(H,30,35). The fraction of sp³-hybridized carbons (Fsp3) is 0.778. The number of hydrogen-bond acceptors (Lipinski definition) is 10. The van der Waals surface area contributed by atoms with Crippen LogP contribution in [-0.2, 0) is 35.1 Å². The fourth-order valence-corrected chi connectivity index (χ4v) is 4.16. The first-order valence-electron chi connectivity index (χ1n) is 14.0. The average molecular weight is 584 g/mol. The lowest BCUT2D eigenvalue weighted by atomic mass is 9.93. The van der Waals surface area contributed by atoms with Crippen molar-refractivity contribution >= 4 is 23.9 Å². The molecule has 2 rings (SSSR count). The van der Waals surface area contributed by atoms with Crippen molar-refractivity contribution in [2.75, 3.05) is 19.8 Å². The van der Waals surface area contributed by atoms with E-state index >= 15 is 0 Å². The topological polar surface area (TPSA) is 173 Å². The normalized spacial score (nSPS) is 17.3. The first kappa shape index (κ1) is 33.9. The van der Waals surface area contributed by atoms with Crippen molar-refractivity contribution in [1.29, 1.82) is 0 Å². The number of carbonyl (C=O) groups is 3. The molecule has 14 heteroatoms. The summed E-state index contributed by atoms with van der Waals surface area (Å²) in [5.74, 6) is -2.11. The van der Waals surface area contributed by atoms with E-state index in [0.717, 1.165) is 19.3 Å². The van der Waals surface area contributed by atoms with Gasteiger partial charge in [0, 0.05) is 25.7 Å². The highest BCUT2D eigenvalue weighted by atomic mass is 16.7. The van der Waals surface area contributed by atoms with Crippen molar-refractivity contribution < 1.29 is 38.3 Å². The molecule has 0 spiro atoms. The lowest BCUT2D eigenvalue weighted by Crippen LogP contribution is -2.48. The quantitative estimate of drug-likeness (QED) is 0.143. The van der Waals surface area contributed by atoms with Crippen LogP contribution in [0.4, 0.5) is 10.7 Å². The molecule has 1 aromatic heterocycles. The SMILES string of the molecule is CC(C)(C)OC(=O)NC(CC(CCCOC1CCCCO1)C(=O)NCCn1ccnc1[N+](=O)[O-])C(=O)OC(C)(C)C. The van der Waals surface area contributed by atoms with E-state index in [9.17, 15) is 24.5 Å². The summed E-state index contributed by atoms with van der Waals surface area (Å²) in [7, 11) is 0. The summed E-state index contributed by atoms with van der Waals surface area (Å²) in [5.41, 5.74) is -1.62. The molecule has 232 valence electrons. The highest BCUT2D eigenvalue weighted by molar-refractivity contribution is 5.84. The third-order valence-electron chi connectivity index (χ3n) is 5.92. The van der Waals surface area contributed by atoms with Crippen LogP contribution in [0.1, 0.15) is 80.1 Å². The van der Waals surface area contributed by atoms with E-state index < -0.39 is 40.1 Å². The van der Waals surface area contributed by atoms with Gasteiger partial charge in [-0.2, -0.15) is 0 Å². The van der Waals surface area contributed by atoms with Crippen LogP contribution in [-0.4, -0.2) is 75.7 Å². The molecule has 3 unspecified atom stereocenters. The number of esters is 1. The Hall–Kier alpha value is -3.26. The summed E-state index contributed by atoms with van der Waals surface area (Å²) in [6, 6.07) is -1.16. The zero-order chi connectivity index (χ0) is 30.6. The summed E-state index contributed by atoms with van der Waals surface area (Å²) < 4.78 is 23.6. The van der Waals surface area contributed by atoms with Gasteiger partial charge in [-0.3, -0.25) is 4.79 Å². The van der Waals surface area contributed by atoms with Crippen LogP contribution in [0, 0.1) is 16.0 Å². The molecular weight excluding hydrogens is 538 g/mol. The monoisotopic (exact) mass is 583 g/mol. The molecular formula is C27H45N5O9. The summed E-state index contributed by atoms with van der Waals surface area (Å²) in [5, 5.41) is 16.5. The molecule has 1 aliphatic heterocycles. The summed E-state index contributed by atoms with van der Waals surface area (Å²) in [6.45, 7) is 11.5. The minimum Gasteiger partial charge on any atom is -0.458 e. The van der Waals surface area contributed by atoms with Crippen molar-refractivity contribution in [3.63, 3.8) is 0 Å². The van der Waals surface area contributed by atoms with Gasteiger partial charge < -0.3 is 39.7 Å². The smallest absolute Gasteiger partial charge is 0.434 e. The van der Waals surface area contributed by atoms with E-state index in [2.05, 4.69) is 15.6 Å². The zero-order valence-electron chi connectivity index (χ0n) is 25.0. The fourth-order valence-electron chi connectivity index (χ4n) is 4.16. The number of ether oxygens (including phenoxy) is 4. The van der Waals surface area contributed by atoms with Crippen molar-refractivity contribution in [2.24, 2.45) is 5.92 Å². The Morgan fingerprint density at radius 3 is 2.49 bits per heavy atom. The number of alkyl carbamates (subject to hydrolysis) is 1. The number of nitrogens with one attached hydrogen (secondary N) is 2. The summed E-state index contributed by atoms with van der Waals surface area (Å²) in [4.78, 5) is 53.2. The molecule has 0 radical (unpaired) electrons. The van der Waals surface area contributed by atoms with E-state index in [1.54, 1.807) is 41.5 Å². The van der Waals surface area contributed by atoms with Crippen LogP contribution in [0.3, 0.4) is 0 Å². The minimum atomic E-state index is -1.16. The number of aromatic nitrogens is 2. The van der Waals surface area contributed by atoms with E-state index in [1.807, 2.05) is 0 Å². The Labute approximate surface area is 241 Å². The first-order valence-corrected chi connectivity index (χ1v) is 14.0. The van der Waals surface area contributed by atoms with Crippen LogP contribution < -0.4 is 10.6 Å². The highest BCUT2D eigenvalue weighted by Gasteiger charge is 2.33. The van der Waals surface area contributed by atoms with Gasteiger partial charge in [-0.25, -0.2) is 14.2 Å². The van der Waals surface area contributed by atoms with E-state index in [1.165, 1.54) is 17.0 Å². The van der Waals surface area contributed by atoms with Gasteiger partial charge in [0.15, 0.2) is 6.29 Å². The van der Waals surface area contributed by atoms with Crippen molar-refractivity contribution in [1.82, 2.24) is 20.2 Å². The number of nitro groups is 1. The van der Waals surface area contributed by atoms with Crippen molar-refractivity contribution in [3.8, 4) is 0 Å². The summed E-state index contributed by atoms with van der Waals surface area (Å²) >= 11 is 0. The second kappa shape index (κ2) is 15.7. The van der Waals surface area contributed by atoms with Gasteiger partial charge in [0.05, 0.1) is 6.54 Å². The molecule has 2 N–H and O–H groups in total. The average Bonchev–Trinajstić information content (AvgIpc) is 3.32. The van der Waals surface area contributed by atoms with Gasteiger partial charge in [0.1, 0.15) is 29.6 Å². The lowest BCUT2D eigenvalue weighted by Gasteiger charge is -2.28. The lowest BCUT2D eigenvalue weighted by molar-refractivity contribution is -0.396.